The van der Waals surface area contributed by atoms with E-state index in [-0.39, 0.29) is 0 Å². The topological polar surface area (TPSA) is 6.48 Å². The molecule has 2 radical (unpaired) electrons. The Morgan fingerprint density at radius 2 is 1.62 bits per heavy atom. The molecule has 0 aromatic rings. The maximum Gasteiger partial charge on any atom is 0.182 e. The Labute approximate surface area is 56.8 Å². The third-order valence-electron chi connectivity index (χ3n) is 1.29. The molecule has 1 fully saturated rings. The quantitative estimate of drug-likeness (QED) is 0.348. The van der Waals surface area contributed by atoms with Crippen LogP contribution in [0.2, 0.25) is 0 Å². The van der Waals surface area contributed by atoms with E-state index in [2.05, 4.69) is 12.8 Å². The van der Waals surface area contributed by atoms with Gasteiger partial charge in [0.05, 0.1) is 0 Å². The first kappa shape index (κ1) is 6.45. The molecule has 2 nitrogen and oxygen atoms in total. The van der Waals surface area contributed by atoms with Crippen molar-refractivity contribution in [2.45, 2.75) is 0 Å². The second-order valence-corrected chi connectivity index (χ2v) is 2.56. The highest BCUT2D eigenvalue weighted by Crippen LogP contribution is 1.99. The highest BCUT2D eigenvalue weighted by molar-refractivity contribution is 7.77. The molecule has 8 heavy (non-hydrogen) atoms. The lowest BCUT2D eigenvalue weighted by Crippen LogP contribution is -2.40. The van der Waals surface area contributed by atoms with E-state index in [1.54, 1.807) is 0 Å². The van der Waals surface area contributed by atoms with Gasteiger partial charge in [0.1, 0.15) is 0 Å². The lowest BCUT2D eigenvalue weighted by atomic mass is 10.2. The van der Waals surface area contributed by atoms with E-state index in [9.17, 15) is 0 Å². The van der Waals surface area contributed by atoms with E-state index in [4.69, 9.17) is 7.98 Å². The number of piperazine rings is 1. The van der Waals surface area contributed by atoms with Gasteiger partial charge in [-0.05, 0) is 0 Å². The van der Waals surface area contributed by atoms with E-state index in [0.717, 1.165) is 26.2 Å². The van der Waals surface area contributed by atoms with E-state index in [0.29, 0.717) is 0 Å². The molecular formula is C4H9BN2S. The van der Waals surface area contributed by atoms with Crippen molar-refractivity contribution in [2.24, 2.45) is 0 Å². The Morgan fingerprint density at radius 3 is 2.00 bits per heavy atom. The monoisotopic (exact) mass is 128 g/mol. The minimum Gasteiger partial charge on any atom is -0.351 e. The highest BCUT2D eigenvalue weighted by atomic mass is 32.1. The summed E-state index contributed by atoms with van der Waals surface area (Å²) < 4.78 is 1.98. The molecule has 1 saturated heterocycles. The van der Waals surface area contributed by atoms with Crippen LogP contribution in [0.4, 0.5) is 0 Å². The molecule has 0 atom stereocenters. The number of rotatable bonds is 0. The second-order valence-electron chi connectivity index (χ2n) is 1.99. The molecule has 0 amide bonds. The largest absolute Gasteiger partial charge is 0.351 e. The number of thiol groups is 1. The van der Waals surface area contributed by atoms with Gasteiger partial charge in [-0.15, -0.1) is 0 Å². The van der Waals surface area contributed by atoms with Crippen molar-refractivity contribution >= 4 is 20.8 Å². The van der Waals surface area contributed by atoms with Gasteiger partial charge in [0.15, 0.2) is 7.98 Å². The summed E-state index contributed by atoms with van der Waals surface area (Å²) in [5, 5.41) is 0. The molecule has 0 saturated carbocycles. The fraction of sp³-hybridized carbons (Fsp3) is 1.00. The van der Waals surface area contributed by atoms with Gasteiger partial charge in [-0.1, -0.05) is 12.8 Å². The molecule has 0 aliphatic carbocycles. The van der Waals surface area contributed by atoms with Gasteiger partial charge in [0.2, 0.25) is 0 Å². The second kappa shape index (κ2) is 2.76. The molecule has 0 N–H and O–H groups in total. The molecule has 0 aromatic carbocycles. The van der Waals surface area contributed by atoms with Crippen molar-refractivity contribution in [3.8, 4) is 0 Å². The Balaban J connectivity index is 2.19. The van der Waals surface area contributed by atoms with Gasteiger partial charge in [-0.25, -0.2) is 0 Å². The normalized spacial score (nSPS) is 26.1. The van der Waals surface area contributed by atoms with Gasteiger partial charge in [-0.2, -0.15) is 0 Å². The van der Waals surface area contributed by atoms with Crippen LogP contribution in [-0.4, -0.2) is 43.3 Å². The van der Waals surface area contributed by atoms with Crippen LogP contribution in [-0.2, 0) is 0 Å². The van der Waals surface area contributed by atoms with Crippen LogP contribution in [0.15, 0.2) is 0 Å². The standard InChI is InChI=1S/C4H9BN2S/c5-6-1-3-7(8)4-2-6/h8H,1-4H2. The van der Waals surface area contributed by atoms with Gasteiger partial charge in [-0.3, -0.25) is 4.31 Å². The minimum absolute atomic E-state index is 0.934. The molecule has 1 aliphatic rings. The van der Waals surface area contributed by atoms with Gasteiger partial charge in [0, 0.05) is 26.2 Å². The molecule has 44 valence electrons. The van der Waals surface area contributed by atoms with E-state index in [1.165, 1.54) is 0 Å². The SMILES string of the molecule is [B]N1CCN(S)CC1. The molecule has 0 unspecified atom stereocenters. The van der Waals surface area contributed by atoms with Crippen LogP contribution < -0.4 is 0 Å². The van der Waals surface area contributed by atoms with Crippen molar-refractivity contribution in [3.63, 3.8) is 0 Å². The molecule has 1 rings (SSSR count). The Kier molecular flexibility index (Phi) is 2.22. The highest BCUT2D eigenvalue weighted by Gasteiger charge is 2.08. The van der Waals surface area contributed by atoms with Crippen molar-refractivity contribution in [2.75, 3.05) is 26.2 Å². The summed E-state index contributed by atoms with van der Waals surface area (Å²) in [6.45, 7) is 3.81. The lowest BCUT2D eigenvalue weighted by Gasteiger charge is -2.28. The predicted octanol–water partition coefficient (Wildman–Crippen LogP) is -0.468. The zero-order chi connectivity index (χ0) is 5.98. The summed E-state index contributed by atoms with van der Waals surface area (Å²) in [6, 6.07) is 0. The van der Waals surface area contributed by atoms with Crippen molar-refractivity contribution in [1.82, 2.24) is 9.12 Å². The molecule has 4 heteroatoms. The molecule has 0 bridgehead atoms. The molecule has 0 aromatic heterocycles. The number of hydrogen-bond donors (Lipinski definition) is 1. The lowest BCUT2D eigenvalue weighted by molar-refractivity contribution is 0.302. The fourth-order valence-electron chi connectivity index (χ4n) is 0.711. The summed E-state index contributed by atoms with van der Waals surface area (Å²) in [4.78, 5) is 1.81. The predicted molar refractivity (Wildman–Crippen MR) is 37.9 cm³/mol. The maximum atomic E-state index is 5.47. The zero-order valence-electron chi connectivity index (χ0n) is 4.75. The van der Waals surface area contributed by atoms with Crippen LogP contribution in [0, 0.1) is 0 Å². The molecule has 1 aliphatic heterocycles. The minimum atomic E-state index is 0.934. The van der Waals surface area contributed by atoms with Gasteiger partial charge < -0.3 is 4.81 Å². The Hall–Kier alpha value is 0.335. The third kappa shape index (κ3) is 1.69. The summed E-state index contributed by atoms with van der Waals surface area (Å²) in [6.07, 6.45) is 0. The molecule has 1 heterocycles. The van der Waals surface area contributed by atoms with Gasteiger partial charge >= 0.3 is 0 Å². The fourth-order valence-corrected chi connectivity index (χ4v) is 0.890. The summed E-state index contributed by atoms with van der Waals surface area (Å²) in [7, 11) is 5.47. The van der Waals surface area contributed by atoms with Gasteiger partial charge in [0.25, 0.3) is 0 Å². The first-order chi connectivity index (χ1) is 3.79. The molecular weight excluding hydrogens is 119 g/mol. The summed E-state index contributed by atoms with van der Waals surface area (Å²) >= 11 is 4.15. The number of nitrogens with zero attached hydrogens (tertiary/aromatic N) is 2. The zero-order valence-corrected chi connectivity index (χ0v) is 5.64. The average Bonchev–Trinajstić information content (AvgIpc) is 1.77. The first-order valence-corrected chi connectivity index (χ1v) is 3.12. The third-order valence-corrected chi connectivity index (χ3v) is 1.69. The van der Waals surface area contributed by atoms with Crippen molar-refractivity contribution in [1.29, 1.82) is 0 Å². The summed E-state index contributed by atoms with van der Waals surface area (Å²) in [5.41, 5.74) is 0. The van der Waals surface area contributed by atoms with E-state index < -0.39 is 0 Å². The Morgan fingerprint density at radius 1 is 1.12 bits per heavy atom. The average molecular weight is 128 g/mol. The first-order valence-electron chi connectivity index (χ1n) is 2.72. The number of hydrogen-bond acceptors (Lipinski definition) is 3. The van der Waals surface area contributed by atoms with E-state index in [1.807, 2.05) is 9.12 Å². The van der Waals surface area contributed by atoms with Crippen LogP contribution >= 0.6 is 12.8 Å². The van der Waals surface area contributed by atoms with Crippen LogP contribution in [0.5, 0.6) is 0 Å². The Bertz CT molecular complexity index is 62.4. The van der Waals surface area contributed by atoms with E-state index >= 15 is 0 Å². The summed E-state index contributed by atoms with van der Waals surface area (Å²) in [5.74, 6) is 0. The van der Waals surface area contributed by atoms with Crippen LogP contribution in [0.3, 0.4) is 0 Å². The smallest absolute Gasteiger partial charge is 0.182 e. The maximum absolute atomic E-state index is 5.47. The van der Waals surface area contributed by atoms with Crippen LogP contribution in [0.1, 0.15) is 0 Å². The molecule has 0 spiro atoms. The van der Waals surface area contributed by atoms with Crippen molar-refractivity contribution in [3.05, 3.63) is 0 Å². The van der Waals surface area contributed by atoms with Crippen molar-refractivity contribution < 1.29 is 0 Å². The van der Waals surface area contributed by atoms with Crippen LogP contribution in [0.25, 0.3) is 0 Å².